The number of nitro groups is 1. The topological polar surface area (TPSA) is 106 Å². The highest BCUT2D eigenvalue weighted by molar-refractivity contribution is 6.17. The van der Waals surface area contributed by atoms with Crippen molar-refractivity contribution in [1.82, 2.24) is 4.90 Å². The third-order valence-electron chi connectivity index (χ3n) is 4.42. The Bertz CT molecular complexity index is 1040. The third-order valence-corrected chi connectivity index (χ3v) is 4.42. The molecule has 0 radical (unpaired) electrons. The van der Waals surface area contributed by atoms with Gasteiger partial charge in [0.05, 0.1) is 10.5 Å². The van der Waals surface area contributed by atoms with Crippen molar-refractivity contribution < 1.29 is 24.0 Å². The van der Waals surface area contributed by atoms with Crippen molar-refractivity contribution in [2.24, 2.45) is 0 Å². The molecule has 3 aromatic rings. The van der Waals surface area contributed by atoms with Gasteiger partial charge in [0, 0.05) is 29.6 Å². The number of hydrogen-bond donors (Lipinski definition) is 1. The lowest BCUT2D eigenvalue weighted by atomic mass is 10.00. The zero-order chi connectivity index (χ0) is 21.1. The number of carbonyl (C=O) groups is 1. The number of nitrogens with zero attached hydrogens (tertiary/aromatic N) is 2. The zero-order valence-electron chi connectivity index (χ0n) is 16.4. The van der Waals surface area contributed by atoms with Crippen molar-refractivity contribution >= 4 is 22.4 Å². The van der Waals surface area contributed by atoms with Crippen LogP contribution >= 0.6 is 0 Å². The molecule has 1 unspecified atom stereocenters. The molecule has 3 rings (SSSR count). The molecule has 1 N–H and O–H groups in total. The highest BCUT2D eigenvalue weighted by Crippen LogP contribution is 2.31. The monoisotopic (exact) mass is 398 g/mol. The Morgan fingerprint density at radius 2 is 1.93 bits per heavy atom. The molecule has 2 aromatic carbocycles. The molecule has 8 heteroatoms. The first-order valence-corrected chi connectivity index (χ1v) is 9.04. The predicted molar refractivity (Wildman–Crippen MR) is 108 cm³/mol. The zero-order valence-corrected chi connectivity index (χ0v) is 16.4. The molecule has 0 fully saturated rings. The van der Waals surface area contributed by atoms with Crippen LogP contribution in [0.5, 0.6) is 5.75 Å². The molecule has 0 aliphatic heterocycles. The summed E-state index contributed by atoms with van der Waals surface area (Å²) in [5.74, 6) is 0.641. The second-order valence-electron chi connectivity index (χ2n) is 7.05. The number of rotatable bonds is 8. The van der Waals surface area contributed by atoms with Gasteiger partial charge in [-0.25, -0.2) is 0 Å². The van der Waals surface area contributed by atoms with E-state index in [1.165, 1.54) is 18.2 Å². The van der Waals surface area contributed by atoms with E-state index >= 15 is 0 Å². The molecule has 8 nitrogen and oxygen atoms in total. The van der Waals surface area contributed by atoms with Gasteiger partial charge in [-0.3, -0.25) is 14.9 Å². The number of hydrogen-bond acceptors (Lipinski definition) is 7. The Morgan fingerprint density at radius 3 is 2.55 bits per heavy atom. The second kappa shape index (κ2) is 8.42. The average molecular weight is 398 g/mol. The summed E-state index contributed by atoms with van der Waals surface area (Å²) in [5.41, 5.74) is 1.03. The van der Waals surface area contributed by atoms with Crippen molar-refractivity contribution in [3.63, 3.8) is 0 Å². The quantitative estimate of drug-likeness (QED) is 0.353. The lowest BCUT2D eigenvalue weighted by Gasteiger charge is -2.16. The lowest BCUT2D eigenvalue weighted by Crippen LogP contribution is -2.30. The Morgan fingerprint density at radius 1 is 1.24 bits per heavy atom. The molecule has 1 heterocycles. The standard InChI is InChI=1S/C21H22N2O6/c1-13-20(18-10-15(23(26)27)6-9-19(18)29-13)21(25)14-4-7-17(8-5-14)28-12-16(24)11-22(2)3/h4-10,16,24H,11-12H2,1-3H3. The molecule has 152 valence electrons. The summed E-state index contributed by atoms with van der Waals surface area (Å²) >= 11 is 0. The number of likely N-dealkylation sites (N-methyl/N-ethyl adjacent to an activating group) is 1. The van der Waals surface area contributed by atoms with Crippen LogP contribution in [0.2, 0.25) is 0 Å². The number of aryl methyl sites for hydroxylation is 1. The van der Waals surface area contributed by atoms with Crippen molar-refractivity contribution in [3.05, 3.63) is 69.5 Å². The molecule has 0 aliphatic rings. The van der Waals surface area contributed by atoms with Gasteiger partial charge in [-0.05, 0) is 51.4 Å². The van der Waals surface area contributed by atoms with Crippen LogP contribution in [0.3, 0.4) is 0 Å². The van der Waals surface area contributed by atoms with E-state index in [1.807, 2.05) is 19.0 Å². The molecule has 0 amide bonds. The predicted octanol–water partition coefficient (Wildman–Crippen LogP) is 3.18. The smallest absolute Gasteiger partial charge is 0.270 e. The fourth-order valence-electron chi connectivity index (χ4n) is 3.12. The molecule has 29 heavy (non-hydrogen) atoms. The van der Waals surface area contributed by atoms with Gasteiger partial charge in [0.15, 0.2) is 5.78 Å². The Kier molecular flexibility index (Phi) is 5.95. The molecule has 0 aliphatic carbocycles. The maximum absolute atomic E-state index is 13.0. The van der Waals surface area contributed by atoms with Gasteiger partial charge in [0.2, 0.25) is 0 Å². The van der Waals surface area contributed by atoms with E-state index in [9.17, 15) is 20.0 Å². The van der Waals surface area contributed by atoms with E-state index < -0.39 is 11.0 Å². The SMILES string of the molecule is Cc1oc2ccc([N+](=O)[O-])cc2c1C(=O)c1ccc(OCC(O)CN(C)C)cc1. The molecular weight excluding hydrogens is 376 g/mol. The number of ketones is 1. The Balaban J connectivity index is 1.81. The van der Waals surface area contributed by atoms with Crippen LogP contribution in [0, 0.1) is 17.0 Å². The largest absolute Gasteiger partial charge is 0.491 e. The van der Waals surface area contributed by atoms with Gasteiger partial charge in [0.25, 0.3) is 5.69 Å². The minimum absolute atomic E-state index is 0.104. The van der Waals surface area contributed by atoms with Crippen LogP contribution in [0.25, 0.3) is 11.0 Å². The molecule has 1 aromatic heterocycles. The van der Waals surface area contributed by atoms with Gasteiger partial charge < -0.3 is 19.2 Å². The van der Waals surface area contributed by atoms with Crippen LogP contribution in [0.15, 0.2) is 46.9 Å². The summed E-state index contributed by atoms with van der Waals surface area (Å²) in [4.78, 5) is 25.4. The number of furan rings is 1. The molecule has 1 atom stereocenters. The van der Waals surface area contributed by atoms with E-state index in [-0.39, 0.29) is 18.1 Å². The Labute approximate surface area is 167 Å². The van der Waals surface area contributed by atoms with Gasteiger partial charge in [-0.2, -0.15) is 0 Å². The maximum atomic E-state index is 13.0. The van der Waals surface area contributed by atoms with E-state index in [0.29, 0.717) is 40.2 Å². The first-order chi connectivity index (χ1) is 13.8. The number of fused-ring (bicyclic) bond motifs is 1. The fourth-order valence-corrected chi connectivity index (χ4v) is 3.12. The van der Waals surface area contributed by atoms with Crippen molar-refractivity contribution in [2.45, 2.75) is 13.0 Å². The summed E-state index contributed by atoms with van der Waals surface area (Å²) in [5, 5.41) is 21.3. The summed E-state index contributed by atoms with van der Waals surface area (Å²) in [6, 6.07) is 10.7. The van der Waals surface area contributed by atoms with Crippen LogP contribution < -0.4 is 4.74 Å². The number of benzene rings is 2. The van der Waals surface area contributed by atoms with E-state index in [1.54, 1.807) is 31.2 Å². The van der Waals surface area contributed by atoms with Crippen LogP contribution in [-0.4, -0.2) is 54.1 Å². The van der Waals surface area contributed by atoms with Crippen molar-refractivity contribution in [2.75, 3.05) is 27.2 Å². The van der Waals surface area contributed by atoms with Gasteiger partial charge >= 0.3 is 0 Å². The Hall–Kier alpha value is -3.23. The summed E-state index contributed by atoms with van der Waals surface area (Å²) in [6.45, 7) is 2.28. The van der Waals surface area contributed by atoms with Crippen molar-refractivity contribution in [1.29, 1.82) is 0 Å². The first kappa shape index (κ1) is 20.5. The third kappa shape index (κ3) is 4.61. The van der Waals surface area contributed by atoms with Gasteiger partial charge in [-0.15, -0.1) is 0 Å². The first-order valence-electron chi connectivity index (χ1n) is 9.04. The minimum Gasteiger partial charge on any atom is -0.491 e. The number of ether oxygens (including phenoxy) is 1. The molecule has 0 spiro atoms. The van der Waals surface area contributed by atoms with E-state index in [0.717, 1.165) is 0 Å². The highest BCUT2D eigenvalue weighted by atomic mass is 16.6. The normalized spacial score (nSPS) is 12.3. The highest BCUT2D eigenvalue weighted by Gasteiger charge is 2.22. The average Bonchev–Trinajstić information content (AvgIpc) is 3.00. The fraction of sp³-hybridized carbons (Fsp3) is 0.286. The number of carbonyl (C=O) groups excluding carboxylic acids is 1. The van der Waals surface area contributed by atoms with Gasteiger partial charge in [-0.1, -0.05) is 0 Å². The summed E-state index contributed by atoms with van der Waals surface area (Å²) < 4.78 is 11.1. The van der Waals surface area contributed by atoms with E-state index in [4.69, 9.17) is 9.15 Å². The molecule has 0 saturated carbocycles. The summed E-state index contributed by atoms with van der Waals surface area (Å²) in [7, 11) is 3.72. The molecular formula is C21H22N2O6. The van der Waals surface area contributed by atoms with Crippen LogP contribution in [0.4, 0.5) is 5.69 Å². The number of nitro benzene ring substituents is 1. The molecule has 0 saturated heterocycles. The van der Waals surface area contributed by atoms with E-state index in [2.05, 4.69) is 0 Å². The molecule has 0 bridgehead atoms. The summed E-state index contributed by atoms with van der Waals surface area (Å²) in [6.07, 6.45) is -0.623. The van der Waals surface area contributed by atoms with Crippen LogP contribution in [0.1, 0.15) is 21.7 Å². The van der Waals surface area contributed by atoms with Crippen LogP contribution in [-0.2, 0) is 0 Å². The van der Waals surface area contributed by atoms with Gasteiger partial charge in [0.1, 0.15) is 29.8 Å². The number of aliphatic hydroxyl groups is 1. The second-order valence-corrected chi connectivity index (χ2v) is 7.05. The number of non-ortho nitro benzene ring substituents is 1. The minimum atomic E-state index is -0.623. The maximum Gasteiger partial charge on any atom is 0.270 e. The number of aliphatic hydroxyl groups excluding tert-OH is 1. The van der Waals surface area contributed by atoms with Crippen molar-refractivity contribution in [3.8, 4) is 5.75 Å². The lowest BCUT2D eigenvalue weighted by molar-refractivity contribution is -0.384.